The summed E-state index contributed by atoms with van der Waals surface area (Å²) >= 11 is 11.7. The van der Waals surface area contributed by atoms with E-state index in [0.717, 1.165) is 35.9 Å². The van der Waals surface area contributed by atoms with E-state index in [2.05, 4.69) is 27.8 Å². The number of aromatic nitrogens is 1. The Kier molecular flexibility index (Phi) is 5.92. The second-order valence-electron chi connectivity index (χ2n) is 6.82. The number of anilines is 1. The van der Waals surface area contributed by atoms with Gasteiger partial charge in [-0.2, -0.15) is 0 Å². The fourth-order valence-corrected chi connectivity index (χ4v) is 4.00. The Bertz CT molecular complexity index is 741. The van der Waals surface area contributed by atoms with Crippen LogP contribution in [0.3, 0.4) is 0 Å². The molecule has 1 aromatic heterocycles. The molecule has 3 nitrogen and oxygen atoms in total. The van der Waals surface area contributed by atoms with E-state index < -0.39 is 0 Å². The van der Waals surface area contributed by atoms with Gasteiger partial charge in [0.2, 0.25) is 0 Å². The van der Waals surface area contributed by atoms with Gasteiger partial charge in [-0.25, -0.2) is 4.98 Å². The van der Waals surface area contributed by atoms with Gasteiger partial charge in [-0.15, -0.1) is 0 Å². The minimum absolute atomic E-state index is 0.0922. The lowest BCUT2D eigenvalue weighted by Gasteiger charge is -2.38. The normalized spacial score (nSPS) is 16.2. The van der Waals surface area contributed by atoms with Gasteiger partial charge in [0.15, 0.2) is 5.11 Å². The van der Waals surface area contributed by atoms with Gasteiger partial charge in [-0.1, -0.05) is 49.1 Å². The molecule has 0 saturated heterocycles. The molecule has 25 heavy (non-hydrogen) atoms. The van der Waals surface area contributed by atoms with E-state index >= 15 is 0 Å². The maximum atomic E-state index is 6.24. The Hall–Kier alpha value is -1.65. The smallest absolute Gasteiger partial charge is 0.171 e. The first-order valence-corrected chi connectivity index (χ1v) is 9.61. The average Bonchev–Trinajstić information content (AvgIpc) is 2.61. The van der Waals surface area contributed by atoms with Crippen molar-refractivity contribution >= 4 is 34.7 Å². The summed E-state index contributed by atoms with van der Waals surface area (Å²) in [6, 6.07) is 14.1. The number of benzene rings is 1. The zero-order valence-corrected chi connectivity index (χ0v) is 16.1. The van der Waals surface area contributed by atoms with Gasteiger partial charge >= 0.3 is 0 Å². The Morgan fingerprint density at radius 2 is 1.92 bits per heavy atom. The summed E-state index contributed by atoms with van der Waals surface area (Å²) in [7, 11) is 0. The highest BCUT2D eigenvalue weighted by Gasteiger charge is 2.34. The van der Waals surface area contributed by atoms with Gasteiger partial charge in [0.25, 0.3) is 0 Å². The number of nitrogens with one attached hydrogen (secondary N) is 2. The van der Waals surface area contributed by atoms with Gasteiger partial charge in [0.1, 0.15) is 5.82 Å². The number of pyridine rings is 1. The zero-order valence-electron chi connectivity index (χ0n) is 14.5. The molecule has 1 fully saturated rings. The van der Waals surface area contributed by atoms with Crippen LogP contribution in [0.4, 0.5) is 5.82 Å². The minimum Gasteiger partial charge on any atom is -0.362 e. The van der Waals surface area contributed by atoms with Crippen molar-refractivity contribution in [1.29, 1.82) is 0 Å². The molecule has 0 atom stereocenters. The molecule has 2 N–H and O–H groups in total. The SMILES string of the molecule is Cc1cccc(NC(=S)NCC2(c3cccc(Cl)c3)CCCCC2)n1. The van der Waals surface area contributed by atoms with Crippen molar-refractivity contribution < 1.29 is 0 Å². The number of nitrogens with zero attached hydrogens (tertiary/aromatic N) is 1. The van der Waals surface area contributed by atoms with Crippen LogP contribution in [-0.4, -0.2) is 16.6 Å². The molecule has 0 radical (unpaired) electrons. The predicted molar refractivity (Wildman–Crippen MR) is 109 cm³/mol. The summed E-state index contributed by atoms with van der Waals surface area (Å²) in [4.78, 5) is 4.44. The summed E-state index contributed by atoms with van der Waals surface area (Å²) < 4.78 is 0. The van der Waals surface area contributed by atoms with Crippen molar-refractivity contribution in [2.45, 2.75) is 44.4 Å². The van der Waals surface area contributed by atoms with E-state index in [1.165, 1.54) is 24.8 Å². The molecule has 1 aliphatic rings. The predicted octanol–water partition coefficient (Wildman–Crippen LogP) is 5.23. The topological polar surface area (TPSA) is 37.0 Å². The van der Waals surface area contributed by atoms with Crippen LogP contribution < -0.4 is 10.6 Å². The quantitative estimate of drug-likeness (QED) is 0.719. The Labute approximate surface area is 160 Å². The summed E-state index contributed by atoms with van der Waals surface area (Å²) in [5.74, 6) is 0.776. The van der Waals surface area contributed by atoms with Crippen molar-refractivity contribution in [1.82, 2.24) is 10.3 Å². The molecular weight excluding hydrogens is 350 g/mol. The second kappa shape index (κ2) is 8.15. The maximum Gasteiger partial charge on any atom is 0.171 e. The molecule has 0 unspecified atom stereocenters. The van der Waals surface area contributed by atoms with Crippen molar-refractivity contribution in [2.75, 3.05) is 11.9 Å². The van der Waals surface area contributed by atoms with Gasteiger partial charge in [0, 0.05) is 22.7 Å². The number of rotatable bonds is 4. The standard InChI is InChI=1S/C20H24ClN3S/c1-15-7-5-10-18(23-15)24-19(25)22-14-20(11-3-2-4-12-20)16-8-6-9-17(21)13-16/h5-10,13H,2-4,11-12,14H2,1H3,(H2,22,23,24,25). The number of thiocarbonyl (C=S) groups is 1. The molecule has 2 aromatic rings. The number of hydrogen-bond donors (Lipinski definition) is 2. The van der Waals surface area contributed by atoms with E-state index in [1.807, 2.05) is 37.3 Å². The first-order valence-electron chi connectivity index (χ1n) is 8.82. The van der Waals surface area contributed by atoms with E-state index in [0.29, 0.717) is 5.11 Å². The molecule has 132 valence electrons. The molecule has 5 heteroatoms. The molecule has 0 aliphatic heterocycles. The van der Waals surface area contributed by atoms with E-state index in [9.17, 15) is 0 Å². The van der Waals surface area contributed by atoms with Crippen LogP contribution in [0.2, 0.25) is 5.02 Å². The van der Waals surface area contributed by atoms with Crippen LogP contribution in [-0.2, 0) is 5.41 Å². The highest BCUT2D eigenvalue weighted by Crippen LogP contribution is 2.39. The number of hydrogen-bond acceptors (Lipinski definition) is 2. The summed E-state index contributed by atoms with van der Waals surface area (Å²) in [5.41, 5.74) is 2.37. The molecule has 3 rings (SSSR count). The minimum atomic E-state index is 0.0922. The lowest BCUT2D eigenvalue weighted by molar-refractivity contribution is 0.292. The van der Waals surface area contributed by atoms with Crippen molar-refractivity contribution in [3.63, 3.8) is 0 Å². The lowest BCUT2D eigenvalue weighted by atomic mass is 9.69. The Morgan fingerprint density at radius 1 is 1.16 bits per heavy atom. The maximum absolute atomic E-state index is 6.24. The fourth-order valence-electron chi connectivity index (χ4n) is 3.64. The molecule has 0 spiro atoms. The molecule has 0 amide bonds. The van der Waals surface area contributed by atoms with Gasteiger partial charge < -0.3 is 10.6 Å². The van der Waals surface area contributed by atoms with E-state index in [4.69, 9.17) is 23.8 Å². The molecule has 1 heterocycles. The second-order valence-corrected chi connectivity index (χ2v) is 7.67. The van der Waals surface area contributed by atoms with Crippen molar-refractivity contribution in [2.24, 2.45) is 0 Å². The third kappa shape index (κ3) is 4.71. The van der Waals surface area contributed by atoms with Crippen LogP contribution in [0.5, 0.6) is 0 Å². The largest absolute Gasteiger partial charge is 0.362 e. The van der Waals surface area contributed by atoms with Crippen LogP contribution in [0, 0.1) is 6.92 Å². The fraction of sp³-hybridized carbons (Fsp3) is 0.400. The van der Waals surface area contributed by atoms with Crippen LogP contribution in [0.25, 0.3) is 0 Å². The van der Waals surface area contributed by atoms with Gasteiger partial charge in [-0.3, -0.25) is 0 Å². The molecule has 1 saturated carbocycles. The molecule has 1 aromatic carbocycles. The third-order valence-electron chi connectivity index (χ3n) is 4.96. The number of halogens is 1. The summed E-state index contributed by atoms with van der Waals surface area (Å²) in [6.07, 6.45) is 6.11. The zero-order chi connectivity index (χ0) is 17.7. The van der Waals surface area contributed by atoms with Gasteiger partial charge in [-0.05, 0) is 61.8 Å². The highest BCUT2D eigenvalue weighted by molar-refractivity contribution is 7.80. The van der Waals surface area contributed by atoms with E-state index in [1.54, 1.807) is 0 Å². The molecule has 1 aliphatic carbocycles. The monoisotopic (exact) mass is 373 g/mol. The van der Waals surface area contributed by atoms with E-state index in [-0.39, 0.29) is 5.41 Å². The van der Waals surface area contributed by atoms with Crippen molar-refractivity contribution in [3.8, 4) is 0 Å². The van der Waals surface area contributed by atoms with Crippen molar-refractivity contribution in [3.05, 3.63) is 58.7 Å². The highest BCUT2D eigenvalue weighted by atomic mass is 35.5. The molecule has 0 bridgehead atoms. The first kappa shape index (κ1) is 18.2. The summed E-state index contributed by atoms with van der Waals surface area (Å²) in [6.45, 7) is 2.78. The Balaban J connectivity index is 1.69. The van der Waals surface area contributed by atoms with Gasteiger partial charge in [0.05, 0.1) is 0 Å². The Morgan fingerprint density at radius 3 is 2.64 bits per heavy atom. The first-order chi connectivity index (χ1) is 12.1. The van der Waals surface area contributed by atoms with Crippen LogP contribution >= 0.6 is 23.8 Å². The lowest BCUT2D eigenvalue weighted by Crippen LogP contribution is -2.43. The van der Waals surface area contributed by atoms with Crippen LogP contribution in [0.15, 0.2) is 42.5 Å². The average molecular weight is 374 g/mol. The number of aryl methyl sites for hydroxylation is 1. The molecular formula is C20H24ClN3S. The third-order valence-corrected chi connectivity index (χ3v) is 5.45. The van der Waals surface area contributed by atoms with Crippen LogP contribution in [0.1, 0.15) is 43.4 Å². The summed E-state index contributed by atoms with van der Waals surface area (Å²) in [5, 5.41) is 8.02.